The molecule has 0 spiro atoms. The van der Waals surface area contributed by atoms with E-state index in [-0.39, 0.29) is 13.0 Å². The lowest BCUT2D eigenvalue weighted by atomic mass is 9.87. The van der Waals surface area contributed by atoms with Crippen LogP contribution in [0.4, 0.5) is 18.0 Å². The van der Waals surface area contributed by atoms with Crippen LogP contribution in [0.5, 0.6) is 0 Å². The van der Waals surface area contributed by atoms with Crippen molar-refractivity contribution in [2.75, 3.05) is 6.54 Å². The first-order chi connectivity index (χ1) is 8.86. The largest absolute Gasteiger partial charge is 0.444 e. The van der Waals surface area contributed by atoms with Gasteiger partial charge in [-0.1, -0.05) is 0 Å². The van der Waals surface area contributed by atoms with Gasteiger partial charge in [-0.15, -0.1) is 0 Å². The van der Waals surface area contributed by atoms with Crippen LogP contribution in [-0.4, -0.2) is 46.1 Å². The van der Waals surface area contributed by atoms with Crippen LogP contribution in [-0.2, 0) is 4.74 Å². The topological polar surface area (TPSA) is 49.8 Å². The van der Waals surface area contributed by atoms with Crippen molar-refractivity contribution >= 4 is 6.09 Å². The highest BCUT2D eigenvalue weighted by atomic mass is 19.4. The maximum atomic E-state index is 13.0. The minimum atomic E-state index is -4.80. The molecule has 0 bridgehead atoms. The fraction of sp³-hybridized carbons (Fsp3) is 0.923. The van der Waals surface area contributed by atoms with E-state index in [4.69, 9.17) is 4.74 Å². The van der Waals surface area contributed by atoms with Gasteiger partial charge in [0, 0.05) is 6.54 Å². The predicted octanol–water partition coefficient (Wildman–Crippen LogP) is 3.09. The molecular formula is C13H22F3NO3. The number of alkyl halides is 3. The summed E-state index contributed by atoms with van der Waals surface area (Å²) >= 11 is 0. The monoisotopic (exact) mass is 297 g/mol. The van der Waals surface area contributed by atoms with Crippen LogP contribution in [0.25, 0.3) is 0 Å². The van der Waals surface area contributed by atoms with Crippen molar-refractivity contribution in [3.8, 4) is 0 Å². The molecule has 0 saturated carbocycles. The van der Waals surface area contributed by atoms with E-state index >= 15 is 0 Å². The first-order valence-corrected chi connectivity index (χ1v) is 6.65. The van der Waals surface area contributed by atoms with E-state index in [1.807, 2.05) is 0 Å². The number of nitrogens with zero attached hydrogens (tertiary/aromatic N) is 1. The lowest BCUT2D eigenvalue weighted by Crippen LogP contribution is -2.62. The van der Waals surface area contributed by atoms with E-state index in [2.05, 4.69) is 0 Å². The normalized spacial score (nSPS) is 24.2. The standard InChI is InChI=1S/C13H22F3NO3/c1-11(2,3)20-10(18)17-8-6-5-7-9(17)12(4,19)13(14,15)16/h9,19H,5-8H2,1-4H3/t9-,12-/m1/s1. The molecule has 0 aromatic rings. The third kappa shape index (κ3) is 3.77. The zero-order chi connectivity index (χ0) is 15.8. The second kappa shape index (κ2) is 5.42. The van der Waals surface area contributed by atoms with Gasteiger partial charge in [-0.05, 0) is 47.0 Å². The molecule has 0 radical (unpaired) electrons. The average Bonchev–Trinajstić information content (AvgIpc) is 2.25. The van der Waals surface area contributed by atoms with Gasteiger partial charge in [0.05, 0.1) is 6.04 Å². The lowest BCUT2D eigenvalue weighted by molar-refractivity contribution is -0.274. The average molecular weight is 297 g/mol. The quantitative estimate of drug-likeness (QED) is 0.809. The number of amides is 1. The molecule has 0 unspecified atom stereocenters. The van der Waals surface area contributed by atoms with Crippen molar-refractivity contribution in [2.45, 2.75) is 70.4 Å². The smallest absolute Gasteiger partial charge is 0.418 e. The fourth-order valence-electron chi connectivity index (χ4n) is 2.24. The minimum Gasteiger partial charge on any atom is -0.444 e. The molecule has 1 aliphatic heterocycles. The Hall–Kier alpha value is -0.980. The van der Waals surface area contributed by atoms with E-state index in [1.54, 1.807) is 20.8 Å². The molecule has 1 heterocycles. The van der Waals surface area contributed by atoms with Crippen LogP contribution < -0.4 is 0 Å². The van der Waals surface area contributed by atoms with Crippen molar-refractivity contribution < 1.29 is 27.8 Å². The molecule has 4 nitrogen and oxygen atoms in total. The molecule has 1 fully saturated rings. The molecule has 1 aliphatic rings. The Labute approximate surface area is 116 Å². The highest BCUT2D eigenvalue weighted by Gasteiger charge is 2.58. The number of halogens is 3. The van der Waals surface area contributed by atoms with E-state index in [0.717, 1.165) is 4.90 Å². The SMILES string of the molecule is CC(C)(C)OC(=O)N1CCCC[C@@H]1[C@@](C)(O)C(F)(F)F. The van der Waals surface area contributed by atoms with Crippen molar-refractivity contribution in [1.29, 1.82) is 0 Å². The van der Waals surface area contributed by atoms with Gasteiger partial charge >= 0.3 is 12.3 Å². The first-order valence-electron chi connectivity index (χ1n) is 6.65. The number of likely N-dealkylation sites (tertiary alicyclic amines) is 1. The Morgan fingerprint density at radius 3 is 2.20 bits per heavy atom. The Morgan fingerprint density at radius 2 is 1.75 bits per heavy atom. The molecule has 1 N–H and O–H groups in total. The molecular weight excluding hydrogens is 275 g/mol. The Morgan fingerprint density at radius 1 is 1.20 bits per heavy atom. The van der Waals surface area contributed by atoms with Crippen LogP contribution in [0.15, 0.2) is 0 Å². The molecule has 0 aromatic heterocycles. The number of ether oxygens (including phenoxy) is 1. The summed E-state index contributed by atoms with van der Waals surface area (Å²) in [7, 11) is 0. The molecule has 1 saturated heterocycles. The van der Waals surface area contributed by atoms with Crippen molar-refractivity contribution in [2.24, 2.45) is 0 Å². The highest BCUT2D eigenvalue weighted by molar-refractivity contribution is 5.69. The van der Waals surface area contributed by atoms with Crippen LogP contribution in [0.3, 0.4) is 0 Å². The van der Waals surface area contributed by atoms with E-state index in [9.17, 15) is 23.1 Å². The summed E-state index contributed by atoms with van der Waals surface area (Å²) in [5.41, 5.74) is -3.73. The molecule has 0 aromatic carbocycles. The maximum Gasteiger partial charge on any atom is 0.418 e. The second-order valence-electron chi connectivity index (χ2n) is 6.33. The van der Waals surface area contributed by atoms with Crippen molar-refractivity contribution in [3.63, 3.8) is 0 Å². The third-order valence-electron chi connectivity index (χ3n) is 3.35. The fourth-order valence-corrected chi connectivity index (χ4v) is 2.24. The van der Waals surface area contributed by atoms with Gasteiger partial charge in [0.2, 0.25) is 0 Å². The van der Waals surface area contributed by atoms with Crippen LogP contribution >= 0.6 is 0 Å². The van der Waals surface area contributed by atoms with Crippen molar-refractivity contribution in [1.82, 2.24) is 4.90 Å². The Balaban J connectivity index is 2.95. The van der Waals surface area contributed by atoms with Crippen LogP contribution in [0, 0.1) is 0 Å². The summed E-state index contributed by atoms with van der Waals surface area (Å²) in [6.45, 7) is 5.80. The van der Waals surface area contributed by atoms with Gasteiger partial charge in [0.15, 0.2) is 5.60 Å². The molecule has 1 amide bonds. The Bertz CT molecular complexity index is 361. The summed E-state index contributed by atoms with van der Waals surface area (Å²) in [6, 6.07) is -1.31. The van der Waals surface area contributed by atoms with Gasteiger partial charge in [0.25, 0.3) is 0 Å². The van der Waals surface area contributed by atoms with Crippen LogP contribution in [0.2, 0.25) is 0 Å². The van der Waals surface area contributed by atoms with E-state index in [1.165, 1.54) is 0 Å². The third-order valence-corrected chi connectivity index (χ3v) is 3.35. The minimum absolute atomic E-state index is 0.103. The van der Waals surface area contributed by atoms with Crippen LogP contribution in [0.1, 0.15) is 47.0 Å². The highest BCUT2D eigenvalue weighted by Crippen LogP contribution is 2.38. The number of hydrogen-bond donors (Lipinski definition) is 1. The summed E-state index contributed by atoms with van der Waals surface area (Å²) < 4.78 is 44.0. The number of aliphatic hydroxyl groups is 1. The molecule has 0 aliphatic carbocycles. The van der Waals surface area contributed by atoms with Gasteiger partial charge in [0.1, 0.15) is 5.60 Å². The summed E-state index contributed by atoms with van der Waals surface area (Å²) in [6.07, 6.45) is -4.37. The van der Waals surface area contributed by atoms with E-state index < -0.39 is 29.5 Å². The number of hydrogen-bond acceptors (Lipinski definition) is 3. The lowest BCUT2D eigenvalue weighted by Gasteiger charge is -2.44. The first kappa shape index (κ1) is 17.1. The molecule has 20 heavy (non-hydrogen) atoms. The maximum absolute atomic E-state index is 13.0. The summed E-state index contributed by atoms with van der Waals surface area (Å²) in [5, 5.41) is 9.82. The number of piperidine rings is 1. The van der Waals surface area contributed by atoms with Gasteiger partial charge < -0.3 is 14.7 Å². The number of carbonyl (C=O) groups is 1. The zero-order valence-electron chi connectivity index (χ0n) is 12.3. The predicted molar refractivity (Wildman–Crippen MR) is 67.3 cm³/mol. The molecule has 2 atom stereocenters. The summed E-state index contributed by atoms with van der Waals surface area (Å²) in [5.74, 6) is 0. The molecule has 1 rings (SSSR count). The number of carbonyl (C=O) groups excluding carboxylic acids is 1. The molecule has 118 valence electrons. The van der Waals surface area contributed by atoms with Gasteiger partial charge in [-0.25, -0.2) is 4.79 Å². The second-order valence-corrected chi connectivity index (χ2v) is 6.33. The molecule has 7 heteroatoms. The number of rotatable bonds is 1. The Kier molecular flexibility index (Phi) is 4.63. The van der Waals surface area contributed by atoms with Gasteiger partial charge in [-0.3, -0.25) is 0 Å². The zero-order valence-corrected chi connectivity index (χ0v) is 12.3. The van der Waals surface area contributed by atoms with Crippen molar-refractivity contribution in [3.05, 3.63) is 0 Å². The van der Waals surface area contributed by atoms with E-state index in [0.29, 0.717) is 19.8 Å². The summed E-state index contributed by atoms with van der Waals surface area (Å²) in [4.78, 5) is 13.0. The van der Waals surface area contributed by atoms with Gasteiger partial charge in [-0.2, -0.15) is 13.2 Å².